The van der Waals surface area contributed by atoms with Gasteiger partial charge in [-0.3, -0.25) is 0 Å². The van der Waals surface area contributed by atoms with Crippen molar-refractivity contribution in [2.24, 2.45) is 0 Å². The molecule has 0 saturated carbocycles. The van der Waals surface area contributed by atoms with Crippen LogP contribution in [0.15, 0.2) is 41.3 Å². The first-order chi connectivity index (χ1) is 15.8. The predicted octanol–water partition coefficient (Wildman–Crippen LogP) is 5.02. The fraction of sp³-hybridized carbons (Fsp3) is 0.500. The number of hydrogen-bond acceptors (Lipinski definition) is 4. The predicted molar refractivity (Wildman–Crippen MR) is 139 cm³/mol. The number of hydrogen-bond donors (Lipinski definition) is 2. The second-order valence-corrected chi connectivity index (χ2v) is 13.4. The lowest BCUT2D eigenvalue weighted by Crippen LogP contribution is -2.51. The van der Waals surface area contributed by atoms with Crippen molar-refractivity contribution in [1.82, 2.24) is 19.6 Å². The molecule has 34 heavy (non-hydrogen) atoms. The van der Waals surface area contributed by atoms with E-state index in [9.17, 15) is 8.42 Å². The summed E-state index contributed by atoms with van der Waals surface area (Å²) < 4.78 is 28.8. The summed E-state index contributed by atoms with van der Waals surface area (Å²) in [5.74, 6) is 0.883. The first kappa shape index (κ1) is 25.2. The van der Waals surface area contributed by atoms with Gasteiger partial charge in [0.2, 0.25) is 10.0 Å². The number of aromatic nitrogens is 2. The van der Waals surface area contributed by atoms with Gasteiger partial charge < -0.3 is 10.3 Å². The maximum atomic E-state index is 13.6. The number of benzene rings is 2. The number of piperazine rings is 1. The molecule has 2 heterocycles. The second kappa shape index (κ2) is 8.94. The number of imidazole rings is 1. The largest absolute Gasteiger partial charge is 0.342 e. The minimum Gasteiger partial charge on any atom is -0.342 e. The third-order valence-electron chi connectivity index (χ3n) is 6.53. The van der Waals surface area contributed by atoms with Gasteiger partial charge in [0.05, 0.1) is 15.9 Å². The lowest BCUT2D eigenvalue weighted by atomic mass is 9.81. The molecule has 4 rings (SSSR count). The molecule has 1 fully saturated rings. The number of sulfonamides is 1. The van der Waals surface area contributed by atoms with Crippen LogP contribution in [-0.2, 0) is 27.3 Å². The van der Waals surface area contributed by atoms with Crippen molar-refractivity contribution in [3.63, 3.8) is 0 Å². The topological polar surface area (TPSA) is 78.1 Å². The first-order valence-electron chi connectivity index (χ1n) is 11.8. The molecule has 1 aliphatic rings. The number of aromatic amines is 1. The third-order valence-corrected chi connectivity index (χ3v) is 8.69. The zero-order chi connectivity index (χ0) is 24.9. The Bertz CT molecular complexity index is 1310. The maximum Gasteiger partial charge on any atom is 0.243 e. The van der Waals surface area contributed by atoms with Crippen molar-refractivity contribution in [1.29, 1.82) is 0 Å². The Balaban J connectivity index is 1.69. The Morgan fingerprint density at radius 3 is 2.53 bits per heavy atom. The van der Waals surface area contributed by atoms with E-state index >= 15 is 0 Å². The van der Waals surface area contributed by atoms with E-state index in [0.717, 1.165) is 28.0 Å². The first-order valence-corrected chi connectivity index (χ1v) is 13.6. The van der Waals surface area contributed by atoms with Gasteiger partial charge in [-0.15, -0.1) is 0 Å². The number of nitrogens with zero attached hydrogens (tertiary/aromatic N) is 2. The van der Waals surface area contributed by atoms with Crippen LogP contribution >= 0.6 is 11.6 Å². The molecule has 1 atom stereocenters. The molecule has 1 aliphatic heterocycles. The molecule has 184 valence electrons. The molecule has 0 amide bonds. The van der Waals surface area contributed by atoms with E-state index in [1.807, 2.05) is 31.2 Å². The number of fused-ring (bicyclic) bond motifs is 1. The molecule has 1 unspecified atom stereocenters. The van der Waals surface area contributed by atoms with Crippen LogP contribution in [0.25, 0.3) is 11.0 Å². The Morgan fingerprint density at radius 2 is 1.85 bits per heavy atom. The summed E-state index contributed by atoms with van der Waals surface area (Å²) in [4.78, 5) is 8.63. The zero-order valence-corrected chi connectivity index (χ0v) is 22.4. The fourth-order valence-corrected chi connectivity index (χ4v) is 6.73. The molecule has 0 spiro atoms. The number of halogens is 1. The molecule has 8 heteroatoms. The van der Waals surface area contributed by atoms with Crippen LogP contribution in [0.3, 0.4) is 0 Å². The summed E-state index contributed by atoms with van der Waals surface area (Å²) in [6.07, 6.45) is 0.717. The highest BCUT2D eigenvalue weighted by Gasteiger charge is 2.34. The lowest BCUT2D eigenvalue weighted by molar-refractivity contribution is 0.309. The summed E-state index contributed by atoms with van der Waals surface area (Å²) in [5.41, 5.74) is 3.13. The van der Waals surface area contributed by atoms with E-state index in [0.29, 0.717) is 36.0 Å². The van der Waals surface area contributed by atoms with Crippen LogP contribution in [0.2, 0.25) is 5.02 Å². The molecular formula is C26H35ClN4O2S. The molecule has 0 bridgehead atoms. The SMILES string of the molecule is CC1CN(S(=O)(=O)c2ccc(CC(C)(C)c3nc4cc(Cl)ccc4[nH]3)cc2C(C)(C)C)CCN1. The van der Waals surface area contributed by atoms with E-state index in [1.165, 1.54) is 0 Å². The highest BCUT2D eigenvalue weighted by molar-refractivity contribution is 7.89. The van der Waals surface area contributed by atoms with E-state index in [1.54, 1.807) is 10.4 Å². The molecule has 0 aliphatic carbocycles. The van der Waals surface area contributed by atoms with Gasteiger partial charge in [0, 0.05) is 36.1 Å². The van der Waals surface area contributed by atoms with Gasteiger partial charge in [0.25, 0.3) is 0 Å². The molecule has 6 nitrogen and oxygen atoms in total. The van der Waals surface area contributed by atoms with E-state index < -0.39 is 10.0 Å². The van der Waals surface area contributed by atoms with Crippen LogP contribution in [0.4, 0.5) is 0 Å². The molecule has 2 N–H and O–H groups in total. The van der Waals surface area contributed by atoms with Crippen LogP contribution < -0.4 is 5.32 Å². The minimum atomic E-state index is -3.58. The molecule has 2 aromatic carbocycles. The van der Waals surface area contributed by atoms with Crippen LogP contribution in [0, 0.1) is 0 Å². The Morgan fingerprint density at radius 1 is 1.12 bits per heavy atom. The number of nitrogens with one attached hydrogen (secondary N) is 2. The van der Waals surface area contributed by atoms with Gasteiger partial charge in [0.1, 0.15) is 5.82 Å². The smallest absolute Gasteiger partial charge is 0.243 e. The average Bonchev–Trinajstić information content (AvgIpc) is 3.17. The summed E-state index contributed by atoms with van der Waals surface area (Å²) >= 11 is 6.14. The van der Waals surface area contributed by atoms with Gasteiger partial charge in [-0.25, -0.2) is 13.4 Å². The van der Waals surface area contributed by atoms with Crippen molar-refractivity contribution in [3.05, 3.63) is 58.4 Å². The average molecular weight is 503 g/mol. The Kier molecular flexibility index (Phi) is 6.62. The molecule has 0 radical (unpaired) electrons. The van der Waals surface area contributed by atoms with Crippen molar-refractivity contribution in [2.75, 3.05) is 19.6 Å². The monoisotopic (exact) mass is 502 g/mol. The van der Waals surface area contributed by atoms with Crippen molar-refractivity contribution < 1.29 is 8.42 Å². The highest BCUT2D eigenvalue weighted by atomic mass is 35.5. The summed E-state index contributed by atoms with van der Waals surface area (Å²) in [6.45, 7) is 14.2. The van der Waals surface area contributed by atoms with Crippen LogP contribution in [-0.4, -0.2) is 48.4 Å². The molecule has 1 saturated heterocycles. The summed E-state index contributed by atoms with van der Waals surface area (Å²) in [6, 6.07) is 11.6. The van der Waals surface area contributed by atoms with Gasteiger partial charge in [-0.05, 0) is 54.2 Å². The minimum absolute atomic E-state index is 0.139. The molecular weight excluding hydrogens is 468 g/mol. The van der Waals surface area contributed by atoms with E-state index in [-0.39, 0.29) is 16.9 Å². The van der Waals surface area contributed by atoms with Crippen molar-refractivity contribution >= 4 is 32.7 Å². The Hall–Kier alpha value is -1.93. The number of H-pyrrole nitrogens is 1. The standard InChI is InChI=1S/C26H35ClN4O2S/c1-17-16-31(12-11-28-17)34(32,33)23-10-7-18(13-20(23)25(2,3)4)15-26(5,6)24-29-21-9-8-19(27)14-22(21)30-24/h7-10,13-14,17,28H,11-12,15-16H2,1-6H3,(H,29,30). The van der Waals surface area contributed by atoms with Gasteiger partial charge in [0.15, 0.2) is 0 Å². The summed E-state index contributed by atoms with van der Waals surface area (Å²) in [5, 5.41) is 3.98. The van der Waals surface area contributed by atoms with E-state index in [2.05, 4.69) is 51.0 Å². The molecule has 3 aromatic rings. The van der Waals surface area contributed by atoms with Crippen LogP contribution in [0.5, 0.6) is 0 Å². The van der Waals surface area contributed by atoms with E-state index in [4.69, 9.17) is 16.6 Å². The zero-order valence-electron chi connectivity index (χ0n) is 20.9. The van der Waals surface area contributed by atoms with Crippen molar-refractivity contribution in [2.45, 2.75) is 69.7 Å². The van der Waals surface area contributed by atoms with Gasteiger partial charge in [-0.1, -0.05) is 58.4 Å². The van der Waals surface area contributed by atoms with Gasteiger partial charge in [-0.2, -0.15) is 4.31 Å². The maximum absolute atomic E-state index is 13.6. The quantitative estimate of drug-likeness (QED) is 0.513. The van der Waals surface area contributed by atoms with Crippen LogP contribution in [0.1, 0.15) is 58.5 Å². The highest BCUT2D eigenvalue weighted by Crippen LogP contribution is 2.35. The molecule has 1 aromatic heterocycles. The number of rotatable bonds is 5. The van der Waals surface area contributed by atoms with Gasteiger partial charge >= 0.3 is 0 Å². The Labute approximate surface area is 208 Å². The fourth-order valence-electron chi connectivity index (χ4n) is 4.65. The third kappa shape index (κ3) is 5.03. The lowest BCUT2D eigenvalue weighted by Gasteiger charge is -2.33. The second-order valence-electron chi connectivity index (χ2n) is 11.1. The normalized spacial score (nSPS) is 18.5. The van der Waals surface area contributed by atoms with Crippen molar-refractivity contribution in [3.8, 4) is 0 Å². The summed E-state index contributed by atoms with van der Waals surface area (Å²) in [7, 11) is -3.58.